The summed E-state index contributed by atoms with van der Waals surface area (Å²) in [5.41, 5.74) is 0. The first-order valence-electron chi connectivity index (χ1n) is 7.61. The zero-order valence-corrected chi connectivity index (χ0v) is 12.6. The zero-order valence-electron chi connectivity index (χ0n) is 12.6. The fourth-order valence-electron chi connectivity index (χ4n) is 2.50. The van der Waals surface area contributed by atoms with Crippen LogP contribution in [0.15, 0.2) is 0 Å². The summed E-state index contributed by atoms with van der Waals surface area (Å²) in [5.74, 6) is 0.649. The number of rotatable bonds is 8. The predicted molar refractivity (Wildman–Crippen MR) is 76.0 cm³/mol. The lowest BCUT2D eigenvalue weighted by Crippen LogP contribution is -2.38. The van der Waals surface area contributed by atoms with Crippen LogP contribution in [0.1, 0.15) is 46.5 Å². The lowest BCUT2D eigenvalue weighted by atomic mass is 9.86. The molecular weight excluding hydrogens is 242 g/mol. The summed E-state index contributed by atoms with van der Waals surface area (Å²) in [6, 6.07) is 0.436. The Kier molecular flexibility index (Phi) is 8.07. The fraction of sp³-hybridized carbons (Fsp3) is 0.933. The molecule has 112 valence electrons. The highest BCUT2D eigenvalue weighted by Crippen LogP contribution is 2.25. The van der Waals surface area contributed by atoms with Crippen molar-refractivity contribution in [3.63, 3.8) is 0 Å². The van der Waals surface area contributed by atoms with Gasteiger partial charge >= 0.3 is 5.97 Å². The van der Waals surface area contributed by atoms with Gasteiger partial charge in [0.25, 0.3) is 0 Å². The fourth-order valence-corrected chi connectivity index (χ4v) is 2.50. The first-order chi connectivity index (χ1) is 9.13. The second-order valence-corrected chi connectivity index (χ2v) is 5.74. The highest BCUT2D eigenvalue weighted by Gasteiger charge is 2.27. The van der Waals surface area contributed by atoms with Gasteiger partial charge in [-0.1, -0.05) is 20.3 Å². The molecule has 0 heterocycles. The van der Waals surface area contributed by atoms with E-state index in [2.05, 4.69) is 19.2 Å². The summed E-state index contributed by atoms with van der Waals surface area (Å²) in [5, 5.41) is 3.49. The Morgan fingerprint density at radius 2 is 2.16 bits per heavy atom. The highest BCUT2D eigenvalue weighted by molar-refractivity contribution is 5.72. The molecule has 0 bridgehead atoms. The van der Waals surface area contributed by atoms with Crippen LogP contribution < -0.4 is 5.32 Å². The maximum Gasteiger partial charge on any atom is 0.308 e. The Balaban J connectivity index is 2.14. The largest absolute Gasteiger partial charge is 0.466 e. The Bertz CT molecular complexity index is 256. The van der Waals surface area contributed by atoms with Crippen LogP contribution in [0.2, 0.25) is 0 Å². The van der Waals surface area contributed by atoms with E-state index in [9.17, 15) is 4.79 Å². The molecule has 19 heavy (non-hydrogen) atoms. The summed E-state index contributed by atoms with van der Waals surface area (Å²) in [6.45, 7) is 9.08. The zero-order chi connectivity index (χ0) is 14.1. The average molecular weight is 271 g/mol. The number of nitrogens with one attached hydrogen (secondary N) is 1. The monoisotopic (exact) mass is 271 g/mol. The number of carbonyl (C=O) groups excluding carboxylic acids is 1. The van der Waals surface area contributed by atoms with E-state index in [4.69, 9.17) is 9.47 Å². The molecule has 1 N–H and O–H groups in total. The summed E-state index contributed by atoms with van der Waals surface area (Å²) in [7, 11) is 0. The molecule has 4 nitrogen and oxygen atoms in total. The minimum atomic E-state index is -0.0231. The molecule has 2 atom stereocenters. The topological polar surface area (TPSA) is 47.6 Å². The Morgan fingerprint density at radius 3 is 2.84 bits per heavy atom. The number of ether oxygens (including phenoxy) is 2. The van der Waals surface area contributed by atoms with Crippen LogP contribution in [0.25, 0.3) is 0 Å². The summed E-state index contributed by atoms with van der Waals surface area (Å²) in [4.78, 5) is 11.7. The molecule has 1 fully saturated rings. The molecule has 0 aromatic heterocycles. The predicted octanol–water partition coefficient (Wildman–Crippen LogP) is 2.37. The maximum atomic E-state index is 11.7. The molecule has 0 spiro atoms. The first-order valence-corrected chi connectivity index (χ1v) is 7.61. The molecule has 0 aromatic rings. The molecule has 1 rings (SSSR count). The summed E-state index contributed by atoms with van der Waals surface area (Å²) >= 11 is 0. The van der Waals surface area contributed by atoms with E-state index in [-0.39, 0.29) is 11.9 Å². The van der Waals surface area contributed by atoms with E-state index in [1.807, 2.05) is 6.92 Å². The van der Waals surface area contributed by atoms with Crippen molar-refractivity contribution in [3.8, 4) is 0 Å². The van der Waals surface area contributed by atoms with Crippen LogP contribution in [0.3, 0.4) is 0 Å². The van der Waals surface area contributed by atoms with E-state index in [0.29, 0.717) is 18.6 Å². The van der Waals surface area contributed by atoms with Crippen molar-refractivity contribution >= 4 is 5.97 Å². The van der Waals surface area contributed by atoms with Gasteiger partial charge in [-0.3, -0.25) is 4.79 Å². The molecule has 0 saturated heterocycles. The molecular formula is C15H29NO3. The lowest BCUT2D eigenvalue weighted by molar-refractivity contribution is -0.149. The smallest absolute Gasteiger partial charge is 0.308 e. The number of carbonyl (C=O) groups is 1. The van der Waals surface area contributed by atoms with Gasteiger partial charge < -0.3 is 14.8 Å². The standard InChI is InChI=1S/C15H29NO3/c1-4-19-15(17)13-6-5-7-14(10-13)16-8-9-18-11-12(2)3/h12-14,16H,4-11H2,1-3H3. The molecule has 0 aromatic carbocycles. The quantitative estimate of drug-likeness (QED) is 0.544. The van der Waals surface area contributed by atoms with Crippen LogP contribution in [-0.2, 0) is 14.3 Å². The second kappa shape index (κ2) is 9.32. The van der Waals surface area contributed by atoms with Gasteiger partial charge in [0.15, 0.2) is 0 Å². The van der Waals surface area contributed by atoms with Gasteiger partial charge in [0.1, 0.15) is 0 Å². The molecule has 0 aliphatic heterocycles. The van der Waals surface area contributed by atoms with Crippen molar-refractivity contribution in [2.75, 3.05) is 26.4 Å². The minimum absolute atomic E-state index is 0.0231. The van der Waals surface area contributed by atoms with Crippen molar-refractivity contribution in [3.05, 3.63) is 0 Å². The Morgan fingerprint density at radius 1 is 1.37 bits per heavy atom. The van der Waals surface area contributed by atoms with Crippen LogP contribution in [0, 0.1) is 11.8 Å². The molecule has 1 aliphatic carbocycles. The number of esters is 1. The van der Waals surface area contributed by atoms with Crippen LogP contribution in [0.5, 0.6) is 0 Å². The molecule has 0 radical (unpaired) electrons. The second-order valence-electron chi connectivity index (χ2n) is 5.74. The minimum Gasteiger partial charge on any atom is -0.466 e. The maximum absolute atomic E-state index is 11.7. The van der Waals surface area contributed by atoms with E-state index in [1.54, 1.807) is 0 Å². The van der Waals surface area contributed by atoms with Gasteiger partial charge in [-0.25, -0.2) is 0 Å². The molecule has 1 aliphatic rings. The third-order valence-electron chi connectivity index (χ3n) is 3.42. The van der Waals surface area contributed by atoms with Crippen LogP contribution >= 0.6 is 0 Å². The molecule has 2 unspecified atom stereocenters. The van der Waals surface area contributed by atoms with Gasteiger partial charge in [0.05, 0.1) is 19.1 Å². The van der Waals surface area contributed by atoms with E-state index in [1.165, 1.54) is 0 Å². The van der Waals surface area contributed by atoms with Crippen molar-refractivity contribution in [2.24, 2.45) is 11.8 Å². The van der Waals surface area contributed by atoms with E-state index in [0.717, 1.165) is 45.4 Å². The molecule has 1 saturated carbocycles. The van der Waals surface area contributed by atoms with Gasteiger partial charge in [-0.2, -0.15) is 0 Å². The lowest BCUT2D eigenvalue weighted by Gasteiger charge is -2.28. The number of hydrogen-bond donors (Lipinski definition) is 1. The van der Waals surface area contributed by atoms with Crippen LogP contribution in [-0.4, -0.2) is 38.4 Å². The van der Waals surface area contributed by atoms with Crippen molar-refractivity contribution < 1.29 is 14.3 Å². The SMILES string of the molecule is CCOC(=O)C1CCCC(NCCOCC(C)C)C1. The molecule has 4 heteroatoms. The van der Waals surface area contributed by atoms with Crippen molar-refractivity contribution in [2.45, 2.75) is 52.5 Å². The third kappa shape index (κ3) is 6.92. The normalized spacial score (nSPS) is 23.6. The number of hydrogen-bond acceptors (Lipinski definition) is 4. The Labute approximate surface area is 117 Å². The van der Waals surface area contributed by atoms with Crippen LogP contribution in [0.4, 0.5) is 0 Å². The first kappa shape index (κ1) is 16.4. The summed E-state index contributed by atoms with van der Waals surface area (Å²) in [6.07, 6.45) is 4.14. The average Bonchev–Trinajstić information content (AvgIpc) is 2.38. The highest BCUT2D eigenvalue weighted by atomic mass is 16.5. The van der Waals surface area contributed by atoms with Gasteiger partial charge in [0.2, 0.25) is 0 Å². The Hall–Kier alpha value is -0.610. The van der Waals surface area contributed by atoms with E-state index >= 15 is 0 Å². The summed E-state index contributed by atoms with van der Waals surface area (Å²) < 4.78 is 10.7. The van der Waals surface area contributed by atoms with Gasteiger partial charge in [-0.15, -0.1) is 0 Å². The van der Waals surface area contributed by atoms with E-state index < -0.39 is 0 Å². The van der Waals surface area contributed by atoms with Gasteiger partial charge in [0, 0.05) is 19.2 Å². The van der Waals surface area contributed by atoms with Gasteiger partial charge in [-0.05, 0) is 32.1 Å². The third-order valence-corrected chi connectivity index (χ3v) is 3.42. The van der Waals surface area contributed by atoms with Crippen molar-refractivity contribution in [1.29, 1.82) is 0 Å². The van der Waals surface area contributed by atoms with Crippen molar-refractivity contribution in [1.82, 2.24) is 5.32 Å². The molecule has 0 amide bonds.